The largest absolute Gasteiger partial charge is 0.305 e. The molecule has 152 valence electrons. The summed E-state index contributed by atoms with van der Waals surface area (Å²) >= 11 is 6.11. The Morgan fingerprint density at radius 1 is 1.13 bits per heavy atom. The lowest BCUT2D eigenvalue weighted by Crippen LogP contribution is -2.14. The molecule has 1 N–H and O–H groups in total. The Labute approximate surface area is 177 Å². The van der Waals surface area contributed by atoms with E-state index in [1.165, 1.54) is 6.07 Å². The molecular formula is C22H19ClFN5O. The van der Waals surface area contributed by atoms with E-state index in [-0.39, 0.29) is 12.5 Å². The van der Waals surface area contributed by atoms with Crippen LogP contribution in [0.1, 0.15) is 27.2 Å². The van der Waals surface area contributed by atoms with Gasteiger partial charge in [-0.05, 0) is 42.8 Å². The van der Waals surface area contributed by atoms with Crippen molar-refractivity contribution in [2.24, 2.45) is 0 Å². The molecule has 0 spiro atoms. The van der Waals surface area contributed by atoms with E-state index >= 15 is 0 Å². The molecule has 8 heteroatoms. The average molecular weight is 424 g/mol. The van der Waals surface area contributed by atoms with E-state index in [2.05, 4.69) is 15.5 Å². The lowest BCUT2D eigenvalue weighted by molar-refractivity contribution is 0.102. The zero-order valence-electron chi connectivity index (χ0n) is 16.2. The number of rotatable bonds is 6. The molecule has 0 saturated carbocycles. The molecule has 0 bridgehead atoms. The molecular weight excluding hydrogens is 405 g/mol. The first-order valence-corrected chi connectivity index (χ1v) is 9.72. The van der Waals surface area contributed by atoms with Gasteiger partial charge in [-0.25, -0.2) is 4.39 Å². The standard InChI is InChI=1S/C22H19ClFN5O/c1-15-11-21(27-29(15)14-18-19(23)7-3-8-20(18)24)26-22(30)17-6-2-5-16(12-17)13-28-10-4-9-25-28/h2-12H,13-14H2,1H3,(H,26,27,30). The fraction of sp³-hybridized carbons (Fsp3) is 0.136. The van der Waals surface area contributed by atoms with E-state index in [0.717, 1.165) is 11.3 Å². The molecule has 2 heterocycles. The summed E-state index contributed by atoms with van der Waals surface area (Å²) in [4.78, 5) is 12.7. The highest BCUT2D eigenvalue weighted by molar-refractivity contribution is 6.31. The van der Waals surface area contributed by atoms with Crippen LogP contribution in [-0.4, -0.2) is 25.5 Å². The van der Waals surface area contributed by atoms with Crippen LogP contribution in [0.15, 0.2) is 67.0 Å². The highest BCUT2D eigenvalue weighted by atomic mass is 35.5. The first-order chi connectivity index (χ1) is 14.5. The van der Waals surface area contributed by atoms with Crippen LogP contribution in [0.4, 0.5) is 10.2 Å². The van der Waals surface area contributed by atoms with E-state index in [0.29, 0.717) is 28.5 Å². The molecule has 0 atom stereocenters. The lowest BCUT2D eigenvalue weighted by Gasteiger charge is -2.08. The molecule has 4 rings (SSSR count). The number of anilines is 1. The Balaban J connectivity index is 1.48. The summed E-state index contributed by atoms with van der Waals surface area (Å²) in [5.74, 6) is -0.273. The van der Waals surface area contributed by atoms with Gasteiger partial charge in [-0.1, -0.05) is 29.8 Å². The SMILES string of the molecule is Cc1cc(NC(=O)c2cccc(Cn3cccn3)c2)nn1Cc1c(F)cccc1Cl. The van der Waals surface area contributed by atoms with Crippen molar-refractivity contribution in [1.82, 2.24) is 19.6 Å². The predicted molar refractivity (Wildman–Crippen MR) is 113 cm³/mol. The summed E-state index contributed by atoms with van der Waals surface area (Å²) in [6.45, 7) is 2.58. The Kier molecular flexibility index (Phi) is 5.63. The summed E-state index contributed by atoms with van der Waals surface area (Å²) in [5, 5.41) is 11.7. The van der Waals surface area contributed by atoms with E-state index in [1.807, 2.05) is 37.4 Å². The normalized spacial score (nSPS) is 10.9. The monoisotopic (exact) mass is 423 g/mol. The maximum absolute atomic E-state index is 14.1. The second-order valence-corrected chi connectivity index (χ2v) is 7.29. The van der Waals surface area contributed by atoms with Crippen molar-refractivity contribution in [3.8, 4) is 0 Å². The fourth-order valence-electron chi connectivity index (χ4n) is 3.14. The maximum atomic E-state index is 14.1. The van der Waals surface area contributed by atoms with E-state index in [9.17, 15) is 9.18 Å². The second kappa shape index (κ2) is 8.51. The minimum Gasteiger partial charge on any atom is -0.305 e. The van der Waals surface area contributed by atoms with Gasteiger partial charge in [-0.2, -0.15) is 10.2 Å². The number of hydrogen-bond acceptors (Lipinski definition) is 3. The quantitative estimate of drug-likeness (QED) is 0.495. The van der Waals surface area contributed by atoms with Gasteiger partial charge in [0.2, 0.25) is 0 Å². The molecule has 2 aromatic heterocycles. The Bertz CT molecular complexity index is 1170. The number of hydrogen-bond donors (Lipinski definition) is 1. The van der Waals surface area contributed by atoms with Crippen LogP contribution >= 0.6 is 11.6 Å². The molecule has 1 amide bonds. The van der Waals surface area contributed by atoms with Crippen molar-refractivity contribution in [2.45, 2.75) is 20.0 Å². The molecule has 0 unspecified atom stereocenters. The summed E-state index contributed by atoms with van der Waals surface area (Å²) in [6.07, 6.45) is 3.58. The zero-order chi connectivity index (χ0) is 21.1. The molecule has 0 saturated heterocycles. The topological polar surface area (TPSA) is 64.7 Å². The van der Waals surface area contributed by atoms with Gasteiger partial charge in [0.05, 0.1) is 13.1 Å². The van der Waals surface area contributed by atoms with Crippen LogP contribution in [-0.2, 0) is 13.1 Å². The van der Waals surface area contributed by atoms with Crippen LogP contribution in [0.5, 0.6) is 0 Å². The molecule has 6 nitrogen and oxygen atoms in total. The summed E-state index contributed by atoms with van der Waals surface area (Å²) in [7, 11) is 0. The van der Waals surface area contributed by atoms with Crippen LogP contribution in [0, 0.1) is 12.7 Å². The molecule has 0 aliphatic carbocycles. The zero-order valence-corrected chi connectivity index (χ0v) is 17.0. The molecule has 0 fully saturated rings. The minimum absolute atomic E-state index is 0.173. The lowest BCUT2D eigenvalue weighted by atomic mass is 10.1. The number of halogens is 2. The number of benzene rings is 2. The Morgan fingerprint density at radius 3 is 2.73 bits per heavy atom. The molecule has 0 radical (unpaired) electrons. The van der Waals surface area contributed by atoms with Crippen LogP contribution < -0.4 is 5.32 Å². The van der Waals surface area contributed by atoms with Crippen molar-refractivity contribution >= 4 is 23.3 Å². The molecule has 4 aromatic rings. The number of carbonyl (C=O) groups is 1. The minimum atomic E-state index is -0.392. The fourth-order valence-corrected chi connectivity index (χ4v) is 3.37. The third-order valence-electron chi connectivity index (χ3n) is 4.69. The van der Waals surface area contributed by atoms with Crippen LogP contribution in [0.3, 0.4) is 0 Å². The predicted octanol–water partition coefficient (Wildman–Crippen LogP) is 4.53. The van der Waals surface area contributed by atoms with Crippen molar-refractivity contribution in [3.05, 3.63) is 100 Å². The number of nitrogens with one attached hydrogen (secondary N) is 1. The number of aryl methyl sites for hydroxylation is 1. The number of aromatic nitrogens is 4. The van der Waals surface area contributed by atoms with Gasteiger partial charge in [0.25, 0.3) is 5.91 Å². The van der Waals surface area contributed by atoms with Gasteiger partial charge < -0.3 is 5.32 Å². The number of carbonyl (C=O) groups excluding carboxylic acids is 1. The van der Waals surface area contributed by atoms with Gasteiger partial charge in [0, 0.05) is 40.3 Å². The summed E-state index contributed by atoms with van der Waals surface area (Å²) in [6, 6.07) is 15.5. The highest BCUT2D eigenvalue weighted by Crippen LogP contribution is 2.21. The summed E-state index contributed by atoms with van der Waals surface area (Å²) < 4.78 is 17.5. The van der Waals surface area contributed by atoms with Gasteiger partial charge >= 0.3 is 0 Å². The van der Waals surface area contributed by atoms with Crippen molar-refractivity contribution in [3.63, 3.8) is 0 Å². The molecule has 2 aromatic carbocycles. The summed E-state index contributed by atoms with van der Waals surface area (Å²) in [5.41, 5.74) is 2.61. The van der Waals surface area contributed by atoms with Crippen molar-refractivity contribution in [2.75, 3.05) is 5.32 Å². The molecule has 0 aliphatic rings. The van der Waals surface area contributed by atoms with Gasteiger partial charge in [-0.3, -0.25) is 14.2 Å². The number of amides is 1. The third kappa shape index (κ3) is 4.41. The highest BCUT2D eigenvalue weighted by Gasteiger charge is 2.13. The maximum Gasteiger partial charge on any atom is 0.256 e. The van der Waals surface area contributed by atoms with E-state index in [1.54, 1.807) is 39.8 Å². The first kappa shape index (κ1) is 19.8. The van der Waals surface area contributed by atoms with Gasteiger partial charge in [0.1, 0.15) is 5.82 Å². The van der Waals surface area contributed by atoms with Crippen molar-refractivity contribution in [1.29, 1.82) is 0 Å². The van der Waals surface area contributed by atoms with Gasteiger partial charge in [0.15, 0.2) is 5.82 Å². The Hall–Kier alpha value is -3.45. The second-order valence-electron chi connectivity index (χ2n) is 6.89. The number of nitrogens with zero attached hydrogens (tertiary/aromatic N) is 4. The molecule has 0 aliphatic heterocycles. The Morgan fingerprint density at radius 2 is 1.97 bits per heavy atom. The third-order valence-corrected chi connectivity index (χ3v) is 5.04. The van der Waals surface area contributed by atoms with Crippen LogP contribution in [0.25, 0.3) is 0 Å². The van der Waals surface area contributed by atoms with E-state index < -0.39 is 5.82 Å². The van der Waals surface area contributed by atoms with Gasteiger partial charge in [-0.15, -0.1) is 0 Å². The smallest absolute Gasteiger partial charge is 0.256 e. The average Bonchev–Trinajstić information content (AvgIpc) is 3.34. The van der Waals surface area contributed by atoms with Crippen LogP contribution in [0.2, 0.25) is 5.02 Å². The van der Waals surface area contributed by atoms with Crippen molar-refractivity contribution < 1.29 is 9.18 Å². The first-order valence-electron chi connectivity index (χ1n) is 9.34. The molecule has 30 heavy (non-hydrogen) atoms. The van der Waals surface area contributed by atoms with E-state index in [4.69, 9.17) is 11.6 Å².